The number of methoxy groups -OCH3 is 2. The van der Waals surface area contributed by atoms with Crippen molar-refractivity contribution in [3.05, 3.63) is 65.2 Å². The number of halogens is 1. The van der Waals surface area contributed by atoms with E-state index in [2.05, 4.69) is 11.9 Å². The van der Waals surface area contributed by atoms with Gasteiger partial charge in [-0.1, -0.05) is 24.3 Å². The Morgan fingerprint density at radius 3 is 2.42 bits per heavy atom. The Kier molecular flexibility index (Phi) is 6.61. The van der Waals surface area contributed by atoms with Crippen LogP contribution in [-0.4, -0.2) is 38.7 Å². The number of ether oxygens (including phenoxy) is 3. The monoisotopic (exact) mass is 442 g/mol. The molecule has 160 valence electrons. The predicted octanol–water partition coefficient (Wildman–Crippen LogP) is 3.59. The zero-order chi connectivity index (χ0) is 22.5. The second-order valence-corrected chi connectivity index (χ2v) is 6.70. The molecule has 8 nitrogen and oxygen atoms in total. The van der Waals surface area contributed by atoms with Gasteiger partial charge in [0, 0.05) is 0 Å². The topological polar surface area (TPSA) is 94.2 Å². The molecule has 3 rings (SSSR count). The second-order valence-electron chi connectivity index (χ2n) is 6.29. The number of benzene rings is 2. The van der Waals surface area contributed by atoms with Crippen LogP contribution in [0.25, 0.3) is 6.08 Å². The largest absolute Gasteiger partial charge is 0.497 e. The summed E-state index contributed by atoms with van der Waals surface area (Å²) in [7, 11) is 2.94. The first kappa shape index (κ1) is 21.9. The molecule has 0 unspecified atom stereocenters. The van der Waals surface area contributed by atoms with Crippen molar-refractivity contribution in [2.75, 3.05) is 25.7 Å². The number of barbiturate groups is 1. The van der Waals surface area contributed by atoms with E-state index in [1.807, 2.05) is 0 Å². The molecule has 4 amide bonds. The van der Waals surface area contributed by atoms with Gasteiger partial charge in [0.25, 0.3) is 11.8 Å². The summed E-state index contributed by atoms with van der Waals surface area (Å²) >= 11 is 6.29. The molecule has 2 aromatic rings. The summed E-state index contributed by atoms with van der Waals surface area (Å²) in [6, 6.07) is 8.51. The van der Waals surface area contributed by atoms with Gasteiger partial charge in [-0.2, -0.15) is 0 Å². The zero-order valence-corrected chi connectivity index (χ0v) is 17.6. The van der Waals surface area contributed by atoms with Crippen molar-refractivity contribution in [2.45, 2.75) is 0 Å². The molecule has 0 bridgehead atoms. The van der Waals surface area contributed by atoms with E-state index in [4.69, 9.17) is 25.8 Å². The molecule has 2 aromatic carbocycles. The number of rotatable bonds is 7. The van der Waals surface area contributed by atoms with Crippen molar-refractivity contribution in [3.63, 3.8) is 0 Å². The lowest BCUT2D eigenvalue weighted by Gasteiger charge is -2.26. The summed E-state index contributed by atoms with van der Waals surface area (Å²) in [4.78, 5) is 38.6. The standard InChI is InChI=1S/C22H19ClN2O6/c1-4-9-31-19-17(23)11-13(12-18(19)30-3)10-16-20(26)24-22(28)25(21(16)27)14-5-7-15(29-2)8-6-14/h4-8,10-12H,1,9H2,2-3H3,(H,24,26,28)/b16-10+. The minimum absolute atomic E-state index is 0.219. The lowest BCUT2D eigenvalue weighted by Crippen LogP contribution is -2.54. The molecule has 1 saturated heterocycles. The number of nitrogens with zero attached hydrogens (tertiary/aromatic N) is 1. The predicted molar refractivity (Wildman–Crippen MR) is 116 cm³/mol. The number of anilines is 1. The summed E-state index contributed by atoms with van der Waals surface area (Å²) in [6.07, 6.45) is 2.88. The van der Waals surface area contributed by atoms with Gasteiger partial charge in [0.05, 0.1) is 24.9 Å². The molecular formula is C22H19ClN2O6. The van der Waals surface area contributed by atoms with Crippen LogP contribution in [0.5, 0.6) is 17.2 Å². The minimum Gasteiger partial charge on any atom is -0.497 e. The average Bonchev–Trinajstić information content (AvgIpc) is 2.76. The highest BCUT2D eigenvalue weighted by Crippen LogP contribution is 2.37. The third-order valence-corrected chi connectivity index (χ3v) is 4.62. The Bertz CT molecular complexity index is 1080. The number of hydrogen-bond acceptors (Lipinski definition) is 6. The second kappa shape index (κ2) is 9.36. The van der Waals surface area contributed by atoms with Gasteiger partial charge >= 0.3 is 6.03 Å². The van der Waals surface area contributed by atoms with Gasteiger partial charge in [0.1, 0.15) is 17.9 Å². The normalized spacial score (nSPS) is 15.0. The molecule has 0 atom stereocenters. The van der Waals surface area contributed by atoms with Gasteiger partial charge in [-0.25, -0.2) is 9.69 Å². The summed E-state index contributed by atoms with van der Waals surface area (Å²) in [5.41, 5.74) is 0.453. The van der Waals surface area contributed by atoms with Crippen LogP contribution in [0, 0.1) is 0 Å². The van der Waals surface area contributed by atoms with Crippen molar-refractivity contribution < 1.29 is 28.6 Å². The van der Waals surface area contributed by atoms with Gasteiger partial charge in [0.15, 0.2) is 11.5 Å². The van der Waals surface area contributed by atoms with Gasteiger partial charge in [-0.3, -0.25) is 14.9 Å². The van der Waals surface area contributed by atoms with Crippen LogP contribution in [0.1, 0.15) is 5.56 Å². The zero-order valence-electron chi connectivity index (χ0n) is 16.8. The van der Waals surface area contributed by atoms with Crippen molar-refractivity contribution in [1.82, 2.24) is 5.32 Å². The maximum atomic E-state index is 13.0. The molecule has 0 radical (unpaired) electrons. The summed E-state index contributed by atoms with van der Waals surface area (Å²) in [6.45, 7) is 3.80. The molecule has 0 aromatic heterocycles. The molecule has 31 heavy (non-hydrogen) atoms. The number of nitrogens with one attached hydrogen (secondary N) is 1. The number of carbonyl (C=O) groups excluding carboxylic acids is 3. The van der Waals surface area contributed by atoms with Crippen LogP contribution in [-0.2, 0) is 9.59 Å². The summed E-state index contributed by atoms with van der Waals surface area (Å²) < 4.78 is 15.9. The SMILES string of the molecule is C=CCOc1c(Cl)cc(/C=C2\C(=O)NC(=O)N(c3ccc(OC)cc3)C2=O)cc1OC. The number of urea groups is 1. The van der Waals surface area contributed by atoms with E-state index in [0.29, 0.717) is 22.8 Å². The third kappa shape index (κ3) is 4.54. The number of amides is 4. The molecule has 9 heteroatoms. The summed E-state index contributed by atoms with van der Waals surface area (Å²) in [5, 5.41) is 2.39. The van der Waals surface area contributed by atoms with Crippen molar-refractivity contribution in [2.24, 2.45) is 0 Å². The van der Waals surface area contributed by atoms with Crippen LogP contribution < -0.4 is 24.4 Å². The first-order chi connectivity index (χ1) is 14.9. The van der Waals surface area contributed by atoms with E-state index >= 15 is 0 Å². The van der Waals surface area contributed by atoms with E-state index < -0.39 is 17.8 Å². The van der Waals surface area contributed by atoms with Crippen molar-refractivity contribution >= 4 is 41.2 Å². The molecular weight excluding hydrogens is 424 g/mol. The fourth-order valence-corrected chi connectivity index (χ4v) is 3.17. The Morgan fingerprint density at radius 2 is 1.81 bits per heavy atom. The van der Waals surface area contributed by atoms with E-state index in [0.717, 1.165) is 4.90 Å². The van der Waals surface area contributed by atoms with E-state index in [9.17, 15) is 14.4 Å². The molecule has 1 aliphatic rings. The fraction of sp³-hybridized carbons (Fsp3) is 0.136. The van der Waals surface area contributed by atoms with Crippen LogP contribution in [0.3, 0.4) is 0 Å². The molecule has 0 saturated carbocycles. The van der Waals surface area contributed by atoms with Crippen LogP contribution in [0.2, 0.25) is 5.02 Å². The van der Waals surface area contributed by atoms with Gasteiger partial charge in [0.2, 0.25) is 0 Å². The highest BCUT2D eigenvalue weighted by Gasteiger charge is 2.36. The minimum atomic E-state index is -0.846. The third-order valence-electron chi connectivity index (χ3n) is 4.34. The summed E-state index contributed by atoms with van der Waals surface area (Å²) in [5.74, 6) is -0.419. The molecule has 1 fully saturated rings. The number of imide groups is 2. The first-order valence-corrected chi connectivity index (χ1v) is 9.44. The number of carbonyl (C=O) groups is 3. The first-order valence-electron chi connectivity index (χ1n) is 9.06. The van der Waals surface area contributed by atoms with Crippen molar-refractivity contribution in [1.29, 1.82) is 0 Å². The Labute approximate surface area is 183 Å². The van der Waals surface area contributed by atoms with Gasteiger partial charge < -0.3 is 14.2 Å². The van der Waals surface area contributed by atoms with Crippen LogP contribution >= 0.6 is 11.6 Å². The fourth-order valence-electron chi connectivity index (χ4n) is 2.90. The highest BCUT2D eigenvalue weighted by molar-refractivity contribution is 6.39. The Balaban J connectivity index is 1.99. The molecule has 0 spiro atoms. The van der Waals surface area contributed by atoms with Crippen LogP contribution in [0.15, 0.2) is 54.6 Å². The molecule has 1 heterocycles. The quantitative estimate of drug-likeness (QED) is 0.400. The lowest BCUT2D eigenvalue weighted by molar-refractivity contribution is -0.122. The van der Waals surface area contributed by atoms with Crippen molar-refractivity contribution in [3.8, 4) is 17.2 Å². The maximum Gasteiger partial charge on any atom is 0.335 e. The molecule has 1 N–H and O–H groups in total. The Hall–Kier alpha value is -3.78. The van der Waals surface area contributed by atoms with E-state index in [1.54, 1.807) is 24.3 Å². The maximum absolute atomic E-state index is 13.0. The smallest absolute Gasteiger partial charge is 0.335 e. The van der Waals surface area contributed by atoms with E-state index in [1.165, 1.54) is 38.5 Å². The van der Waals surface area contributed by atoms with E-state index in [-0.39, 0.29) is 22.9 Å². The average molecular weight is 443 g/mol. The number of hydrogen-bond donors (Lipinski definition) is 1. The van der Waals surface area contributed by atoms with Gasteiger partial charge in [-0.05, 0) is 48.0 Å². The molecule has 1 aliphatic heterocycles. The lowest BCUT2D eigenvalue weighted by atomic mass is 10.1. The van der Waals surface area contributed by atoms with Gasteiger partial charge in [-0.15, -0.1) is 0 Å². The highest BCUT2D eigenvalue weighted by atomic mass is 35.5. The van der Waals surface area contributed by atoms with Crippen LogP contribution in [0.4, 0.5) is 10.5 Å². The Morgan fingerprint density at radius 1 is 1.10 bits per heavy atom. The molecule has 0 aliphatic carbocycles.